The Labute approximate surface area is 197 Å². The summed E-state index contributed by atoms with van der Waals surface area (Å²) in [6.07, 6.45) is 3.45. The topological polar surface area (TPSA) is 72.4 Å². The van der Waals surface area contributed by atoms with Gasteiger partial charge in [0.1, 0.15) is 29.5 Å². The van der Waals surface area contributed by atoms with E-state index in [0.717, 1.165) is 54.9 Å². The number of hydrogen-bond acceptors (Lipinski definition) is 7. The second-order valence-corrected chi connectivity index (χ2v) is 8.07. The molecule has 0 radical (unpaired) electrons. The molecule has 0 unspecified atom stereocenters. The number of fused-ring (bicyclic) bond motifs is 1. The normalized spacial score (nSPS) is 14.3. The van der Waals surface area contributed by atoms with Crippen LogP contribution in [0.5, 0.6) is 5.75 Å². The van der Waals surface area contributed by atoms with Crippen molar-refractivity contribution in [1.29, 1.82) is 0 Å². The monoisotopic (exact) mass is 459 g/mol. The minimum atomic E-state index is -0.288. The highest BCUT2D eigenvalue weighted by Gasteiger charge is 2.17. The third-order valence-electron chi connectivity index (χ3n) is 5.85. The first-order valence-corrected chi connectivity index (χ1v) is 11.3. The van der Waals surface area contributed by atoms with E-state index in [0.29, 0.717) is 29.5 Å². The molecule has 8 heteroatoms. The van der Waals surface area contributed by atoms with E-state index in [1.54, 1.807) is 18.5 Å². The fraction of sp³-hybridized carbons (Fsp3) is 0.269. The summed E-state index contributed by atoms with van der Waals surface area (Å²) in [7, 11) is 1.82. The van der Waals surface area contributed by atoms with Crippen molar-refractivity contribution < 1.29 is 13.9 Å². The van der Waals surface area contributed by atoms with Crippen LogP contribution in [-0.4, -0.2) is 66.4 Å². The van der Waals surface area contributed by atoms with Crippen LogP contribution in [0.15, 0.2) is 60.9 Å². The first kappa shape index (κ1) is 22.2. The summed E-state index contributed by atoms with van der Waals surface area (Å²) < 4.78 is 25.7. The first-order valence-electron chi connectivity index (χ1n) is 11.3. The van der Waals surface area contributed by atoms with Crippen LogP contribution in [-0.2, 0) is 4.74 Å². The minimum Gasteiger partial charge on any atom is -0.490 e. The van der Waals surface area contributed by atoms with Crippen molar-refractivity contribution in [3.8, 4) is 28.3 Å². The molecule has 0 aliphatic carbocycles. The number of nitrogens with zero attached hydrogens (tertiary/aromatic N) is 4. The summed E-state index contributed by atoms with van der Waals surface area (Å²) in [4.78, 5) is 16.1. The van der Waals surface area contributed by atoms with Gasteiger partial charge in [-0.15, -0.1) is 0 Å². The molecule has 0 spiro atoms. The first-order chi connectivity index (χ1) is 16.7. The number of halogens is 1. The lowest BCUT2D eigenvalue weighted by molar-refractivity contribution is 0.0323. The second kappa shape index (κ2) is 10.1. The molecule has 2 aromatic heterocycles. The van der Waals surface area contributed by atoms with Gasteiger partial charge < -0.3 is 14.8 Å². The molecule has 3 heterocycles. The lowest BCUT2D eigenvalue weighted by atomic mass is 10.0. The molecule has 5 rings (SSSR count). The van der Waals surface area contributed by atoms with Crippen molar-refractivity contribution in [3.05, 3.63) is 66.7 Å². The van der Waals surface area contributed by atoms with Crippen molar-refractivity contribution in [3.63, 3.8) is 0 Å². The van der Waals surface area contributed by atoms with E-state index in [1.807, 2.05) is 37.4 Å². The van der Waals surface area contributed by atoms with E-state index in [-0.39, 0.29) is 5.82 Å². The molecule has 4 aromatic rings. The number of benzene rings is 2. The molecule has 0 amide bonds. The zero-order valence-electron chi connectivity index (χ0n) is 19.0. The van der Waals surface area contributed by atoms with Crippen LogP contribution in [0.2, 0.25) is 0 Å². The van der Waals surface area contributed by atoms with Crippen LogP contribution in [0.1, 0.15) is 0 Å². The van der Waals surface area contributed by atoms with Crippen LogP contribution in [0.3, 0.4) is 0 Å². The highest BCUT2D eigenvalue weighted by Crippen LogP contribution is 2.36. The van der Waals surface area contributed by atoms with Gasteiger partial charge in [-0.1, -0.05) is 12.1 Å². The summed E-state index contributed by atoms with van der Waals surface area (Å²) >= 11 is 0. The van der Waals surface area contributed by atoms with Crippen LogP contribution in [0.4, 0.5) is 10.2 Å². The van der Waals surface area contributed by atoms with Crippen molar-refractivity contribution >= 4 is 16.7 Å². The average Bonchev–Trinajstić information content (AvgIpc) is 2.89. The summed E-state index contributed by atoms with van der Waals surface area (Å²) in [6.45, 7) is 4.56. The predicted octanol–water partition coefficient (Wildman–Crippen LogP) is 4.25. The zero-order valence-corrected chi connectivity index (χ0v) is 19.0. The molecule has 0 saturated carbocycles. The van der Waals surface area contributed by atoms with Crippen LogP contribution < -0.4 is 10.1 Å². The molecular weight excluding hydrogens is 433 g/mol. The van der Waals surface area contributed by atoms with Gasteiger partial charge in [0.25, 0.3) is 0 Å². The zero-order chi connectivity index (χ0) is 23.3. The molecule has 34 heavy (non-hydrogen) atoms. The number of pyridine rings is 1. The van der Waals surface area contributed by atoms with Gasteiger partial charge in [0.05, 0.1) is 13.2 Å². The van der Waals surface area contributed by atoms with Crippen molar-refractivity contribution in [2.75, 3.05) is 51.8 Å². The van der Waals surface area contributed by atoms with Crippen LogP contribution >= 0.6 is 0 Å². The van der Waals surface area contributed by atoms with Gasteiger partial charge in [-0.2, -0.15) is 0 Å². The third-order valence-corrected chi connectivity index (χ3v) is 5.85. The molecule has 1 aliphatic heterocycles. The second-order valence-electron chi connectivity index (χ2n) is 8.07. The van der Waals surface area contributed by atoms with Gasteiger partial charge >= 0.3 is 0 Å². The summed E-state index contributed by atoms with van der Waals surface area (Å²) in [5, 5.41) is 3.99. The number of aromatic nitrogens is 3. The molecule has 1 fully saturated rings. The molecular formula is C26H26FN5O2. The Morgan fingerprint density at radius 2 is 1.88 bits per heavy atom. The Balaban J connectivity index is 1.58. The Morgan fingerprint density at radius 1 is 1.03 bits per heavy atom. The smallest absolute Gasteiger partial charge is 0.163 e. The highest BCUT2D eigenvalue weighted by molar-refractivity contribution is 5.97. The van der Waals surface area contributed by atoms with E-state index < -0.39 is 0 Å². The number of anilines is 1. The number of hydrogen-bond donors (Lipinski definition) is 1. The highest BCUT2D eigenvalue weighted by atomic mass is 19.1. The molecule has 1 saturated heterocycles. The van der Waals surface area contributed by atoms with E-state index in [1.165, 1.54) is 12.1 Å². The van der Waals surface area contributed by atoms with E-state index >= 15 is 0 Å². The van der Waals surface area contributed by atoms with Crippen LogP contribution in [0.25, 0.3) is 33.4 Å². The number of morpholine rings is 1. The van der Waals surface area contributed by atoms with Crippen molar-refractivity contribution in [1.82, 2.24) is 19.9 Å². The third kappa shape index (κ3) is 4.83. The van der Waals surface area contributed by atoms with E-state index in [2.05, 4.69) is 15.2 Å². The van der Waals surface area contributed by atoms with Gasteiger partial charge in [0.2, 0.25) is 0 Å². The van der Waals surface area contributed by atoms with Gasteiger partial charge in [-0.3, -0.25) is 9.88 Å². The molecule has 174 valence electrons. The molecule has 7 nitrogen and oxygen atoms in total. The van der Waals surface area contributed by atoms with Gasteiger partial charge in [0, 0.05) is 50.0 Å². The van der Waals surface area contributed by atoms with E-state index in [4.69, 9.17) is 19.4 Å². The standard InChI is InChI=1S/C26H26FN5O2/c1-28-26-22-15-20(18-4-2-6-21(27)14-18)16-23(34-13-10-32-8-11-33-12-9-32)24(22)30-25(31-26)19-5-3-7-29-17-19/h2-7,14-17H,8-13H2,1H3,(H,28,30,31). The Kier molecular flexibility index (Phi) is 6.60. The average molecular weight is 460 g/mol. The number of ether oxygens (including phenoxy) is 2. The van der Waals surface area contributed by atoms with Crippen molar-refractivity contribution in [2.24, 2.45) is 0 Å². The number of rotatable bonds is 7. The Hall–Kier alpha value is -3.62. The van der Waals surface area contributed by atoms with Crippen LogP contribution in [0, 0.1) is 5.82 Å². The summed E-state index contributed by atoms with van der Waals surface area (Å²) in [6, 6.07) is 14.2. The van der Waals surface area contributed by atoms with Gasteiger partial charge in [0.15, 0.2) is 5.82 Å². The molecule has 1 aliphatic rings. The minimum absolute atomic E-state index is 0.288. The maximum Gasteiger partial charge on any atom is 0.163 e. The molecule has 0 bridgehead atoms. The predicted molar refractivity (Wildman–Crippen MR) is 130 cm³/mol. The van der Waals surface area contributed by atoms with Crippen molar-refractivity contribution in [2.45, 2.75) is 0 Å². The lowest BCUT2D eigenvalue weighted by Gasteiger charge is -2.26. The van der Waals surface area contributed by atoms with Gasteiger partial charge in [-0.05, 0) is 47.5 Å². The summed E-state index contributed by atoms with van der Waals surface area (Å²) in [5.41, 5.74) is 3.11. The Morgan fingerprint density at radius 3 is 2.65 bits per heavy atom. The molecule has 1 N–H and O–H groups in total. The maximum atomic E-state index is 14.0. The lowest BCUT2D eigenvalue weighted by Crippen LogP contribution is -2.38. The largest absolute Gasteiger partial charge is 0.490 e. The summed E-state index contributed by atoms with van der Waals surface area (Å²) in [5.74, 6) is 1.57. The maximum absolute atomic E-state index is 14.0. The van der Waals surface area contributed by atoms with E-state index in [9.17, 15) is 4.39 Å². The number of nitrogens with one attached hydrogen (secondary N) is 1. The molecule has 2 aromatic carbocycles. The fourth-order valence-electron chi connectivity index (χ4n) is 4.07. The SMILES string of the molecule is CNc1nc(-c2cccnc2)nc2c(OCCN3CCOCC3)cc(-c3cccc(F)c3)cc12. The Bertz CT molecular complexity index is 1280. The molecule has 0 atom stereocenters. The quantitative estimate of drug-likeness (QED) is 0.443. The van der Waals surface area contributed by atoms with Gasteiger partial charge in [-0.25, -0.2) is 14.4 Å². The fourth-order valence-corrected chi connectivity index (χ4v) is 4.07.